The summed E-state index contributed by atoms with van der Waals surface area (Å²) in [4.78, 5) is 37.9. The largest absolute Gasteiger partial charge is 0.462 e. The van der Waals surface area contributed by atoms with Crippen molar-refractivity contribution in [2.24, 2.45) is 11.8 Å². The maximum atomic E-state index is 12.8. The van der Waals surface area contributed by atoms with Crippen LogP contribution in [0.3, 0.4) is 0 Å². The van der Waals surface area contributed by atoms with E-state index in [9.17, 15) is 14.4 Å². The van der Waals surface area contributed by atoms with E-state index in [1.54, 1.807) is 0 Å². The number of rotatable bonds is 45. The van der Waals surface area contributed by atoms with Gasteiger partial charge in [0.05, 0.1) is 0 Å². The van der Waals surface area contributed by atoms with Crippen LogP contribution in [0.15, 0.2) is 0 Å². The first-order valence-electron chi connectivity index (χ1n) is 25.3. The number of hydrogen-bond donors (Lipinski definition) is 0. The monoisotopic (exact) mass is 807 g/mol. The lowest BCUT2D eigenvalue weighted by atomic mass is 10.00. The SMILES string of the molecule is CCCCCCCCCCCCCCCCCCC(=O)OC[C@@H](COC(=O)CCCCCCCCC(C)CC)OC(=O)CCCCCCCCCCCCC(C)C. The Hall–Kier alpha value is -1.59. The molecule has 0 fully saturated rings. The number of esters is 3. The molecule has 1 unspecified atom stereocenters. The highest BCUT2D eigenvalue weighted by atomic mass is 16.6. The highest BCUT2D eigenvalue weighted by Gasteiger charge is 2.19. The minimum atomic E-state index is -0.762. The first-order valence-corrected chi connectivity index (χ1v) is 25.3. The Kier molecular flexibility index (Phi) is 42.7. The number of unbranched alkanes of at least 4 members (excludes halogenated alkanes) is 29. The van der Waals surface area contributed by atoms with E-state index in [0.717, 1.165) is 69.6 Å². The fraction of sp³-hybridized carbons (Fsp3) is 0.941. The number of carbonyl (C=O) groups is 3. The molecule has 0 N–H and O–H groups in total. The van der Waals surface area contributed by atoms with E-state index < -0.39 is 6.10 Å². The van der Waals surface area contributed by atoms with Crippen molar-refractivity contribution in [2.75, 3.05) is 13.2 Å². The summed E-state index contributed by atoms with van der Waals surface area (Å²) in [7, 11) is 0. The molecule has 57 heavy (non-hydrogen) atoms. The van der Waals surface area contributed by atoms with E-state index in [0.29, 0.717) is 19.3 Å². The van der Waals surface area contributed by atoms with Crippen molar-refractivity contribution in [1.29, 1.82) is 0 Å². The summed E-state index contributed by atoms with van der Waals surface area (Å²) in [6, 6.07) is 0. The van der Waals surface area contributed by atoms with Gasteiger partial charge in [0.1, 0.15) is 13.2 Å². The zero-order chi connectivity index (χ0) is 41.9. The molecule has 0 heterocycles. The van der Waals surface area contributed by atoms with Gasteiger partial charge in [-0.15, -0.1) is 0 Å². The van der Waals surface area contributed by atoms with Crippen LogP contribution in [0.2, 0.25) is 0 Å². The molecule has 0 aliphatic carbocycles. The smallest absolute Gasteiger partial charge is 0.306 e. The molecule has 0 aliphatic rings. The van der Waals surface area contributed by atoms with Crippen LogP contribution in [0.5, 0.6) is 0 Å². The summed E-state index contributed by atoms with van der Waals surface area (Å²) in [6.45, 7) is 11.3. The van der Waals surface area contributed by atoms with Crippen LogP contribution in [0, 0.1) is 11.8 Å². The Morgan fingerprint density at radius 3 is 1.00 bits per heavy atom. The quantitative estimate of drug-likeness (QED) is 0.0346. The van der Waals surface area contributed by atoms with Crippen LogP contribution in [-0.2, 0) is 28.6 Å². The Balaban J connectivity index is 4.30. The normalized spacial score (nSPS) is 12.5. The van der Waals surface area contributed by atoms with Gasteiger partial charge in [0.2, 0.25) is 0 Å². The first-order chi connectivity index (χ1) is 27.8. The molecule has 6 nitrogen and oxygen atoms in total. The second-order valence-corrected chi connectivity index (χ2v) is 18.2. The molecule has 0 bridgehead atoms. The zero-order valence-electron chi connectivity index (χ0n) is 39.0. The van der Waals surface area contributed by atoms with E-state index in [4.69, 9.17) is 14.2 Å². The van der Waals surface area contributed by atoms with Crippen molar-refractivity contribution in [1.82, 2.24) is 0 Å². The first kappa shape index (κ1) is 55.4. The van der Waals surface area contributed by atoms with E-state index in [1.807, 2.05) is 0 Å². The molecule has 0 aliphatic heterocycles. The van der Waals surface area contributed by atoms with Crippen LogP contribution in [0.1, 0.15) is 279 Å². The average Bonchev–Trinajstić information content (AvgIpc) is 3.19. The zero-order valence-corrected chi connectivity index (χ0v) is 39.0. The Morgan fingerprint density at radius 1 is 0.368 bits per heavy atom. The van der Waals surface area contributed by atoms with Gasteiger partial charge in [0, 0.05) is 19.3 Å². The Morgan fingerprint density at radius 2 is 0.667 bits per heavy atom. The molecule has 338 valence electrons. The van der Waals surface area contributed by atoms with Gasteiger partial charge in [-0.3, -0.25) is 14.4 Å². The summed E-state index contributed by atoms with van der Waals surface area (Å²) in [5.41, 5.74) is 0. The molecule has 0 saturated heterocycles. The van der Waals surface area contributed by atoms with Gasteiger partial charge >= 0.3 is 17.9 Å². The minimum absolute atomic E-state index is 0.0647. The van der Waals surface area contributed by atoms with E-state index in [1.165, 1.54) is 167 Å². The molecule has 2 atom stereocenters. The molecule has 6 heteroatoms. The average molecular weight is 807 g/mol. The van der Waals surface area contributed by atoms with E-state index in [-0.39, 0.29) is 31.1 Å². The van der Waals surface area contributed by atoms with Gasteiger partial charge in [-0.25, -0.2) is 0 Å². The fourth-order valence-electron chi connectivity index (χ4n) is 7.60. The summed E-state index contributed by atoms with van der Waals surface area (Å²) < 4.78 is 16.8. The second kappa shape index (κ2) is 44.0. The van der Waals surface area contributed by atoms with Gasteiger partial charge in [-0.1, -0.05) is 240 Å². The lowest BCUT2D eigenvalue weighted by Crippen LogP contribution is -2.30. The maximum absolute atomic E-state index is 12.8. The van der Waals surface area contributed by atoms with Crippen molar-refractivity contribution in [3.8, 4) is 0 Å². The molecule has 0 amide bonds. The number of hydrogen-bond acceptors (Lipinski definition) is 6. The molecule has 0 rings (SSSR count). The summed E-state index contributed by atoms with van der Waals surface area (Å²) in [5.74, 6) is 0.777. The Bertz CT molecular complexity index is 872. The third-order valence-electron chi connectivity index (χ3n) is 11.8. The topological polar surface area (TPSA) is 78.9 Å². The number of ether oxygens (including phenoxy) is 3. The molecule has 0 aromatic carbocycles. The van der Waals surface area contributed by atoms with Crippen LogP contribution >= 0.6 is 0 Å². The van der Waals surface area contributed by atoms with Crippen LogP contribution in [0.25, 0.3) is 0 Å². The van der Waals surface area contributed by atoms with Crippen molar-refractivity contribution in [3.05, 3.63) is 0 Å². The van der Waals surface area contributed by atoms with E-state index >= 15 is 0 Å². The predicted molar refractivity (Wildman–Crippen MR) is 243 cm³/mol. The molecular weight excluding hydrogens is 709 g/mol. The van der Waals surface area contributed by atoms with Gasteiger partial charge in [0.25, 0.3) is 0 Å². The second-order valence-electron chi connectivity index (χ2n) is 18.2. The van der Waals surface area contributed by atoms with Gasteiger partial charge < -0.3 is 14.2 Å². The molecule has 0 aromatic rings. The standard InChI is InChI=1S/C51H98O6/c1-6-8-9-10-11-12-13-14-15-16-17-18-22-25-31-36-41-49(52)55-44-48(45-56-50(53)42-37-32-28-27-30-35-40-47(5)7-2)57-51(54)43-38-33-26-23-20-19-21-24-29-34-39-46(3)4/h46-48H,6-45H2,1-5H3/t47?,48-/m0/s1. The van der Waals surface area contributed by atoms with Crippen molar-refractivity contribution >= 4 is 17.9 Å². The summed E-state index contributed by atoms with van der Waals surface area (Å²) in [5, 5.41) is 0. The predicted octanol–water partition coefficient (Wildman–Crippen LogP) is 16.1. The molecular formula is C51H98O6. The maximum Gasteiger partial charge on any atom is 0.306 e. The van der Waals surface area contributed by atoms with E-state index in [2.05, 4.69) is 34.6 Å². The fourth-order valence-corrected chi connectivity index (χ4v) is 7.60. The molecule has 0 radical (unpaired) electrons. The third kappa shape index (κ3) is 43.8. The van der Waals surface area contributed by atoms with Crippen LogP contribution < -0.4 is 0 Å². The van der Waals surface area contributed by atoms with Crippen molar-refractivity contribution in [2.45, 2.75) is 285 Å². The Labute approximate surface area is 355 Å². The van der Waals surface area contributed by atoms with Gasteiger partial charge in [-0.2, -0.15) is 0 Å². The lowest BCUT2D eigenvalue weighted by molar-refractivity contribution is -0.167. The lowest BCUT2D eigenvalue weighted by Gasteiger charge is -2.18. The molecule has 0 aromatic heterocycles. The van der Waals surface area contributed by atoms with Crippen LogP contribution in [0.4, 0.5) is 0 Å². The molecule has 0 spiro atoms. The summed E-state index contributed by atoms with van der Waals surface area (Å²) in [6.07, 6.45) is 43.8. The van der Waals surface area contributed by atoms with Crippen LogP contribution in [-0.4, -0.2) is 37.2 Å². The highest BCUT2D eigenvalue weighted by molar-refractivity contribution is 5.71. The summed E-state index contributed by atoms with van der Waals surface area (Å²) >= 11 is 0. The third-order valence-corrected chi connectivity index (χ3v) is 11.8. The highest BCUT2D eigenvalue weighted by Crippen LogP contribution is 2.17. The van der Waals surface area contributed by atoms with Gasteiger partial charge in [0.15, 0.2) is 6.10 Å². The number of carbonyl (C=O) groups excluding carboxylic acids is 3. The van der Waals surface area contributed by atoms with Gasteiger partial charge in [-0.05, 0) is 31.1 Å². The molecule has 0 saturated carbocycles. The van der Waals surface area contributed by atoms with Crippen molar-refractivity contribution < 1.29 is 28.6 Å². The minimum Gasteiger partial charge on any atom is -0.462 e. The van der Waals surface area contributed by atoms with Crippen molar-refractivity contribution in [3.63, 3.8) is 0 Å².